The zero-order chi connectivity index (χ0) is 16.7. The van der Waals surface area contributed by atoms with Crippen LogP contribution in [0.25, 0.3) is 0 Å². The fraction of sp³-hybridized carbons (Fsp3) is 0.438. The van der Waals surface area contributed by atoms with Crippen LogP contribution in [-0.2, 0) is 4.79 Å². The summed E-state index contributed by atoms with van der Waals surface area (Å²) in [5.74, 6) is -0.291. The molecule has 0 saturated carbocycles. The maximum absolute atomic E-state index is 12.2. The molecule has 1 rings (SSSR count). The number of carbonyl (C=O) groups is 1. The molecular formula is C16H21ClN4O. The molecule has 0 saturated heterocycles. The molecule has 5 nitrogen and oxygen atoms in total. The number of nitrogens with one attached hydrogen (secondary N) is 1. The standard InChI is InChI=1S/C16H21ClN4O/c1-11(2)16(22)21(9-5-8-18)20-12(3)14-10-13(17)6-7-15(14)19-4/h6-7,10-11,19H,5,9H2,1-4H3/b20-12+. The molecule has 0 unspecified atom stereocenters. The largest absolute Gasteiger partial charge is 0.388 e. The summed E-state index contributed by atoms with van der Waals surface area (Å²) in [5.41, 5.74) is 2.37. The molecule has 0 spiro atoms. The Balaban J connectivity index is 3.17. The maximum atomic E-state index is 12.2. The molecule has 1 amide bonds. The number of anilines is 1. The number of hydrogen-bond donors (Lipinski definition) is 1. The van der Waals surface area contributed by atoms with Gasteiger partial charge in [-0.3, -0.25) is 4.79 Å². The number of carbonyl (C=O) groups excluding carboxylic acids is 1. The van der Waals surface area contributed by atoms with Crippen molar-refractivity contribution in [1.82, 2.24) is 5.01 Å². The van der Waals surface area contributed by atoms with E-state index in [2.05, 4.69) is 10.4 Å². The van der Waals surface area contributed by atoms with Gasteiger partial charge in [-0.1, -0.05) is 25.4 Å². The van der Waals surface area contributed by atoms with Crippen LogP contribution in [0.15, 0.2) is 23.3 Å². The van der Waals surface area contributed by atoms with E-state index in [9.17, 15) is 4.79 Å². The molecular weight excluding hydrogens is 300 g/mol. The molecule has 1 N–H and O–H groups in total. The highest BCUT2D eigenvalue weighted by Crippen LogP contribution is 2.21. The van der Waals surface area contributed by atoms with Gasteiger partial charge in [-0.25, -0.2) is 5.01 Å². The van der Waals surface area contributed by atoms with E-state index < -0.39 is 0 Å². The average Bonchev–Trinajstić information content (AvgIpc) is 2.50. The van der Waals surface area contributed by atoms with Gasteiger partial charge in [0, 0.05) is 29.2 Å². The lowest BCUT2D eigenvalue weighted by molar-refractivity contribution is -0.134. The third kappa shape index (κ3) is 4.74. The lowest BCUT2D eigenvalue weighted by Gasteiger charge is -2.20. The third-order valence-corrected chi connectivity index (χ3v) is 3.33. The molecule has 0 aliphatic carbocycles. The highest BCUT2D eigenvalue weighted by atomic mass is 35.5. The number of nitrogens with zero attached hydrogens (tertiary/aromatic N) is 3. The van der Waals surface area contributed by atoms with Gasteiger partial charge in [0.1, 0.15) is 0 Å². The van der Waals surface area contributed by atoms with Gasteiger partial charge in [-0.2, -0.15) is 10.4 Å². The lowest BCUT2D eigenvalue weighted by Crippen LogP contribution is -2.31. The predicted octanol–water partition coefficient (Wildman–Crippen LogP) is 3.50. The van der Waals surface area contributed by atoms with Gasteiger partial charge in [0.05, 0.1) is 24.7 Å². The molecule has 0 aliphatic rings. The second-order valence-corrected chi connectivity index (χ2v) is 5.59. The highest BCUT2D eigenvalue weighted by molar-refractivity contribution is 6.31. The van der Waals surface area contributed by atoms with Gasteiger partial charge in [0.15, 0.2) is 0 Å². The van der Waals surface area contributed by atoms with E-state index >= 15 is 0 Å². The van der Waals surface area contributed by atoms with Crippen molar-refractivity contribution in [3.63, 3.8) is 0 Å². The topological polar surface area (TPSA) is 68.5 Å². The number of hydrogen-bond acceptors (Lipinski definition) is 4. The van der Waals surface area contributed by atoms with Crippen molar-refractivity contribution in [2.75, 3.05) is 18.9 Å². The van der Waals surface area contributed by atoms with E-state index in [1.165, 1.54) is 5.01 Å². The molecule has 0 aromatic heterocycles. The van der Waals surface area contributed by atoms with Gasteiger partial charge >= 0.3 is 0 Å². The summed E-state index contributed by atoms with van der Waals surface area (Å²) in [6, 6.07) is 7.49. The van der Waals surface area contributed by atoms with E-state index in [4.69, 9.17) is 16.9 Å². The molecule has 0 radical (unpaired) electrons. The SMILES string of the molecule is CNc1ccc(Cl)cc1/C(C)=N/N(CCC#N)C(=O)C(C)C. The van der Waals surface area contributed by atoms with E-state index in [1.807, 2.05) is 40.0 Å². The molecule has 0 atom stereocenters. The Hall–Kier alpha value is -2.06. The fourth-order valence-electron chi connectivity index (χ4n) is 1.93. The Morgan fingerprint density at radius 3 is 2.73 bits per heavy atom. The van der Waals surface area contributed by atoms with E-state index in [0.29, 0.717) is 10.7 Å². The van der Waals surface area contributed by atoms with Crippen molar-refractivity contribution in [3.8, 4) is 6.07 Å². The summed E-state index contributed by atoms with van der Waals surface area (Å²) < 4.78 is 0. The minimum Gasteiger partial charge on any atom is -0.388 e. The first-order valence-corrected chi connectivity index (χ1v) is 7.49. The van der Waals surface area contributed by atoms with Crippen molar-refractivity contribution in [3.05, 3.63) is 28.8 Å². The Morgan fingerprint density at radius 2 is 2.18 bits per heavy atom. The number of rotatable bonds is 6. The molecule has 1 aromatic carbocycles. The molecule has 0 heterocycles. The van der Waals surface area contributed by atoms with Gasteiger partial charge in [0.25, 0.3) is 0 Å². The molecule has 118 valence electrons. The summed E-state index contributed by atoms with van der Waals surface area (Å²) in [4.78, 5) is 12.2. The molecule has 1 aromatic rings. The predicted molar refractivity (Wildman–Crippen MR) is 90.0 cm³/mol. The van der Waals surface area contributed by atoms with Crippen LogP contribution < -0.4 is 5.32 Å². The first-order valence-electron chi connectivity index (χ1n) is 7.12. The zero-order valence-corrected chi connectivity index (χ0v) is 14.1. The first-order chi connectivity index (χ1) is 10.4. The zero-order valence-electron chi connectivity index (χ0n) is 13.4. The average molecular weight is 321 g/mol. The lowest BCUT2D eigenvalue weighted by atomic mass is 10.1. The molecule has 6 heteroatoms. The Labute approximate surface area is 136 Å². The maximum Gasteiger partial charge on any atom is 0.245 e. The smallest absolute Gasteiger partial charge is 0.245 e. The Kier molecular flexibility index (Phi) is 6.87. The summed E-state index contributed by atoms with van der Waals surface area (Å²) >= 11 is 6.04. The minimum atomic E-state index is -0.182. The second kappa shape index (κ2) is 8.40. The van der Waals surface area contributed by atoms with Crippen LogP contribution in [0.5, 0.6) is 0 Å². The van der Waals surface area contributed by atoms with Crippen LogP contribution in [0, 0.1) is 17.2 Å². The number of nitriles is 1. The summed E-state index contributed by atoms with van der Waals surface area (Å²) in [6.07, 6.45) is 0.240. The number of halogens is 1. The van der Waals surface area contributed by atoms with Crippen molar-refractivity contribution < 1.29 is 4.79 Å². The quantitative estimate of drug-likeness (QED) is 0.644. The number of hydrazone groups is 1. The Bertz CT molecular complexity index is 605. The molecule has 22 heavy (non-hydrogen) atoms. The second-order valence-electron chi connectivity index (χ2n) is 5.15. The van der Waals surface area contributed by atoms with Gasteiger partial charge in [-0.05, 0) is 25.1 Å². The first kappa shape index (κ1) is 18.0. The normalized spacial score (nSPS) is 11.2. The number of benzene rings is 1. The van der Waals surface area contributed by atoms with Crippen LogP contribution in [0.4, 0.5) is 5.69 Å². The van der Waals surface area contributed by atoms with Crippen molar-refractivity contribution in [1.29, 1.82) is 5.26 Å². The van der Waals surface area contributed by atoms with Crippen LogP contribution in [0.1, 0.15) is 32.8 Å². The summed E-state index contributed by atoms with van der Waals surface area (Å²) in [6.45, 7) is 5.72. The third-order valence-electron chi connectivity index (χ3n) is 3.10. The van der Waals surface area contributed by atoms with Crippen molar-refractivity contribution in [2.24, 2.45) is 11.0 Å². The monoisotopic (exact) mass is 320 g/mol. The van der Waals surface area contributed by atoms with E-state index in [0.717, 1.165) is 11.3 Å². The fourth-order valence-corrected chi connectivity index (χ4v) is 2.10. The van der Waals surface area contributed by atoms with Gasteiger partial charge in [-0.15, -0.1) is 0 Å². The molecule has 0 bridgehead atoms. The van der Waals surface area contributed by atoms with Crippen LogP contribution in [0.3, 0.4) is 0 Å². The van der Waals surface area contributed by atoms with E-state index in [1.54, 1.807) is 12.1 Å². The van der Waals surface area contributed by atoms with Crippen molar-refractivity contribution >= 4 is 28.9 Å². The van der Waals surface area contributed by atoms with Gasteiger partial charge < -0.3 is 5.32 Å². The minimum absolute atomic E-state index is 0.109. The molecule has 0 aliphatic heterocycles. The van der Waals surface area contributed by atoms with E-state index in [-0.39, 0.29) is 24.8 Å². The highest BCUT2D eigenvalue weighted by Gasteiger charge is 2.17. The van der Waals surface area contributed by atoms with Crippen LogP contribution >= 0.6 is 11.6 Å². The van der Waals surface area contributed by atoms with Crippen molar-refractivity contribution in [2.45, 2.75) is 27.2 Å². The Morgan fingerprint density at radius 1 is 1.50 bits per heavy atom. The summed E-state index contributed by atoms with van der Waals surface area (Å²) in [7, 11) is 1.81. The summed E-state index contributed by atoms with van der Waals surface area (Å²) in [5, 5.41) is 18.2. The van der Waals surface area contributed by atoms with Crippen LogP contribution in [-0.4, -0.2) is 30.2 Å². The number of amides is 1. The molecule has 0 fully saturated rings. The van der Waals surface area contributed by atoms with Gasteiger partial charge in [0.2, 0.25) is 5.91 Å². The van der Waals surface area contributed by atoms with Crippen LogP contribution in [0.2, 0.25) is 5.02 Å².